The molecule has 0 saturated carbocycles. The summed E-state index contributed by atoms with van der Waals surface area (Å²) in [5.74, 6) is 0. The van der Waals surface area contributed by atoms with Crippen LogP contribution in [0, 0.1) is 6.92 Å². The number of hydrogen-bond donors (Lipinski definition) is 0. The second kappa shape index (κ2) is 9.28. The second-order valence-corrected chi connectivity index (χ2v) is 9.88. The number of rotatable bonds is 10. The van der Waals surface area contributed by atoms with Gasteiger partial charge in [0.1, 0.15) is 4.21 Å². The fourth-order valence-electron chi connectivity index (χ4n) is 2.11. The highest BCUT2D eigenvalue weighted by Crippen LogP contribution is 2.32. The molecule has 0 amide bonds. The molecule has 122 valence electrons. The quantitative estimate of drug-likeness (QED) is 0.511. The Kier molecular flexibility index (Phi) is 8.46. The Morgan fingerprint density at radius 2 is 1.62 bits per heavy atom. The SMILES string of the molecule is CCCCCN(CCCCC)S(=O)(=O)c1cc(C)c(Br)s1. The predicted molar refractivity (Wildman–Crippen MR) is 94.6 cm³/mol. The van der Waals surface area contributed by atoms with Crippen LogP contribution < -0.4 is 0 Å². The molecule has 0 aliphatic carbocycles. The van der Waals surface area contributed by atoms with E-state index >= 15 is 0 Å². The topological polar surface area (TPSA) is 37.4 Å². The van der Waals surface area contributed by atoms with Crippen LogP contribution in [-0.4, -0.2) is 25.8 Å². The van der Waals surface area contributed by atoms with E-state index in [0.29, 0.717) is 17.3 Å². The Balaban J connectivity index is 2.87. The Bertz CT molecular complexity index is 496. The van der Waals surface area contributed by atoms with Crippen LogP contribution in [0.2, 0.25) is 0 Å². The standard InChI is InChI=1S/C15H26BrNO2S2/c1-4-6-8-10-17(11-9-7-5-2)21(18,19)14-12-13(3)15(16)20-14/h12H,4-11H2,1-3H3. The van der Waals surface area contributed by atoms with Gasteiger partial charge in [0.2, 0.25) is 0 Å². The van der Waals surface area contributed by atoms with Gasteiger partial charge in [0, 0.05) is 13.1 Å². The van der Waals surface area contributed by atoms with Gasteiger partial charge in [-0.05, 0) is 47.3 Å². The molecule has 0 spiro atoms. The molecule has 0 radical (unpaired) electrons. The molecule has 1 rings (SSSR count). The summed E-state index contributed by atoms with van der Waals surface area (Å²) in [6.07, 6.45) is 6.24. The molecule has 0 aliphatic heterocycles. The van der Waals surface area contributed by atoms with Crippen LogP contribution in [0.5, 0.6) is 0 Å². The maximum Gasteiger partial charge on any atom is 0.252 e. The van der Waals surface area contributed by atoms with Gasteiger partial charge in [-0.15, -0.1) is 11.3 Å². The lowest BCUT2D eigenvalue weighted by atomic mass is 10.2. The molecule has 1 aromatic heterocycles. The number of thiophene rings is 1. The third-order valence-electron chi connectivity index (χ3n) is 3.45. The lowest BCUT2D eigenvalue weighted by Gasteiger charge is -2.21. The highest BCUT2D eigenvalue weighted by atomic mass is 79.9. The van der Waals surface area contributed by atoms with E-state index < -0.39 is 10.0 Å². The Hall–Kier alpha value is 0.0900. The second-order valence-electron chi connectivity index (χ2n) is 5.34. The molecule has 0 fully saturated rings. The van der Waals surface area contributed by atoms with Crippen molar-refractivity contribution in [2.75, 3.05) is 13.1 Å². The van der Waals surface area contributed by atoms with E-state index in [1.807, 2.05) is 6.92 Å². The van der Waals surface area contributed by atoms with E-state index in [1.54, 1.807) is 10.4 Å². The van der Waals surface area contributed by atoms with Gasteiger partial charge in [-0.3, -0.25) is 0 Å². The lowest BCUT2D eigenvalue weighted by molar-refractivity contribution is 0.389. The lowest BCUT2D eigenvalue weighted by Crippen LogP contribution is -2.32. The van der Waals surface area contributed by atoms with Gasteiger partial charge in [0.05, 0.1) is 3.79 Å². The maximum atomic E-state index is 12.8. The first-order valence-electron chi connectivity index (χ1n) is 7.69. The van der Waals surface area contributed by atoms with Crippen LogP contribution in [0.1, 0.15) is 57.9 Å². The van der Waals surface area contributed by atoms with Gasteiger partial charge in [-0.2, -0.15) is 4.31 Å². The molecule has 6 heteroatoms. The summed E-state index contributed by atoms with van der Waals surface area (Å²) in [4.78, 5) is 0. The van der Waals surface area contributed by atoms with Crippen LogP contribution in [0.25, 0.3) is 0 Å². The number of unbranched alkanes of at least 4 members (excludes halogenated alkanes) is 4. The van der Waals surface area contributed by atoms with Crippen molar-refractivity contribution in [3.05, 3.63) is 15.4 Å². The summed E-state index contributed by atoms with van der Waals surface area (Å²) < 4.78 is 28.6. The van der Waals surface area contributed by atoms with E-state index in [-0.39, 0.29) is 0 Å². The minimum absolute atomic E-state index is 0.458. The molecule has 0 saturated heterocycles. The fraction of sp³-hybridized carbons (Fsp3) is 0.733. The van der Waals surface area contributed by atoms with Crippen molar-refractivity contribution in [1.82, 2.24) is 4.31 Å². The molecule has 21 heavy (non-hydrogen) atoms. The minimum atomic E-state index is -3.34. The Morgan fingerprint density at radius 3 is 2.00 bits per heavy atom. The Morgan fingerprint density at radius 1 is 1.10 bits per heavy atom. The van der Waals surface area contributed by atoms with Crippen molar-refractivity contribution in [2.24, 2.45) is 0 Å². The molecule has 3 nitrogen and oxygen atoms in total. The van der Waals surface area contributed by atoms with Gasteiger partial charge in [0.25, 0.3) is 10.0 Å². The summed E-state index contributed by atoms with van der Waals surface area (Å²) in [5, 5.41) is 0. The predicted octanol–water partition coefficient (Wildman–Crippen LogP) is 5.19. The third-order valence-corrected chi connectivity index (χ3v) is 7.94. The van der Waals surface area contributed by atoms with Crippen molar-refractivity contribution < 1.29 is 8.42 Å². The number of hydrogen-bond acceptors (Lipinski definition) is 3. The molecule has 1 heterocycles. The van der Waals surface area contributed by atoms with Crippen molar-refractivity contribution in [3.8, 4) is 0 Å². The first kappa shape index (κ1) is 19.1. The van der Waals surface area contributed by atoms with E-state index in [4.69, 9.17) is 0 Å². The summed E-state index contributed by atoms with van der Waals surface area (Å²) >= 11 is 4.74. The highest BCUT2D eigenvalue weighted by molar-refractivity contribution is 9.11. The van der Waals surface area contributed by atoms with Crippen molar-refractivity contribution >= 4 is 37.3 Å². The molecular weight excluding hydrogens is 370 g/mol. The van der Waals surface area contributed by atoms with E-state index in [2.05, 4.69) is 29.8 Å². The van der Waals surface area contributed by atoms with Crippen LogP contribution in [-0.2, 0) is 10.0 Å². The normalized spacial score (nSPS) is 12.2. The van der Waals surface area contributed by atoms with E-state index in [1.165, 1.54) is 11.3 Å². The van der Waals surface area contributed by atoms with E-state index in [9.17, 15) is 8.42 Å². The largest absolute Gasteiger partial charge is 0.252 e. The van der Waals surface area contributed by atoms with Crippen molar-refractivity contribution in [3.63, 3.8) is 0 Å². The maximum absolute atomic E-state index is 12.8. The van der Waals surface area contributed by atoms with Gasteiger partial charge in [-0.1, -0.05) is 39.5 Å². The fourth-order valence-corrected chi connectivity index (χ4v) is 6.01. The Labute approximate surface area is 141 Å². The molecule has 0 aliphatic rings. The first-order chi connectivity index (χ1) is 9.93. The zero-order chi connectivity index (χ0) is 15.9. The highest BCUT2D eigenvalue weighted by Gasteiger charge is 2.26. The van der Waals surface area contributed by atoms with Gasteiger partial charge in [0.15, 0.2) is 0 Å². The van der Waals surface area contributed by atoms with Crippen molar-refractivity contribution in [2.45, 2.75) is 63.5 Å². The van der Waals surface area contributed by atoms with Crippen molar-refractivity contribution in [1.29, 1.82) is 0 Å². The summed E-state index contributed by atoms with van der Waals surface area (Å²) in [7, 11) is -3.34. The molecule has 0 unspecified atom stereocenters. The number of halogens is 1. The zero-order valence-corrected chi connectivity index (χ0v) is 16.4. The number of nitrogens with zero attached hydrogens (tertiary/aromatic N) is 1. The monoisotopic (exact) mass is 395 g/mol. The van der Waals surface area contributed by atoms with Crippen LogP contribution in [0.4, 0.5) is 0 Å². The summed E-state index contributed by atoms with van der Waals surface area (Å²) in [5.41, 5.74) is 0.987. The number of sulfonamides is 1. The summed E-state index contributed by atoms with van der Waals surface area (Å²) in [6.45, 7) is 7.46. The summed E-state index contributed by atoms with van der Waals surface area (Å²) in [6, 6.07) is 1.77. The number of aryl methyl sites for hydroxylation is 1. The van der Waals surface area contributed by atoms with Gasteiger partial charge in [-0.25, -0.2) is 8.42 Å². The molecule has 0 atom stereocenters. The third kappa shape index (κ3) is 5.66. The average molecular weight is 396 g/mol. The average Bonchev–Trinajstić information content (AvgIpc) is 2.78. The molecule has 0 N–H and O–H groups in total. The van der Waals surface area contributed by atoms with Crippen LogP contribution >= 0.6 is 27.3 Å². The molecule has 1 aromatic rings. The van der Waals surface area contributed by atoms with Crippen LogP contribution in [0.3, 0.4) is 0 Å². The minimum Gasteiger partial charge on any atom is -0.206 e. The van der Waals surface area contributed by atoms with E-state index in [0.717, 1.165) is 47.9 Å². The molecule has 0 aromatic carbocycles. The van der Waals surface area contributed by atoms with Gasteiger partial charge >= 0.3 is 0 Å². The smallest absolute Gasteiger partial charge is 0.206 e. The zero-order valence-electron chi connectivity index (χ0n) is 13.2. The molecular formula is C15H26BrNO2S2. The first-order valence-corrected chi connectivity index (χ1v) is 10.7. The van der Waals surface area contributed by atoms with Crippen LogP contribution in [0.15, 0.2) is 14.1 Å². The molecule has 0 bridgehead atoms. The van der Waals surface area contributed by atoms with Gasteiger partial charge < -0.3 is 0 Å².